The first kappa shape index (κ1) is 15.1. The SMILES string of the molecule is CC(Oc1cc(F)c(Br)cc1N)C(=O)N1CCCCC1. The molecule has 1 aromatic carbocycles. The fourth-order valence-electron chi connectivity index (χ4n) is 2.26. The maximum atomic E-state index is 13.5. The number of likely N-dealkylation sites (tertiary alicyclic amines) is 1. The number of hydrogen-bond acceptors (Lipinski definition) is 3. The number of amides is 1. The van der Waals surface area contributed by atoms with Crippen LogP contribution in [0.4, 0.5) is 10.1 Å². The molecular formula is C14H18BrFN2O2. The molecule has 1 aliphatic heterocycles. The molecule has 110 valence electrons. The topological polar surface area (TPSA) is 55.6 Å². The Morgan fingerprint density at radius 3 is 2.70 bits per heavy atom. The number of benzene rings is 1. The van der Waals surface area contributed by atoms with Gasteiger partial charge in [-0.15, -0.1) is 0 Å². The lowest BCUT2D eigenvalue weighted by Crippen LogP contribution is -2.43. The lowest BCUT2D eigenvalue weighted by molar-refractivity contribution is -0.138. The quantitative estimate of drug-likeness (QED) is 0.857. The molecule has 2 N–H and O–H groups in total. The second kappa shape index (κ2) is 6.43. The van der Waals surface area contributed by atoms with Crippen LogP contribution in [-0.4, -0.2) is 30.0 Å². The van der Waals surface area contributed by atoms with E-state index in [9.17, 15) is 9.18 Å². The Kier molecular flexibility index (Phi) is 4.86. The number of nitrogen functional groups attached to an aromatic ring is 1. The molecule has 1 heterocycles. The van der Waals surface area contributed by atoms with E-state index >= 15 is 0 Å². The van der Waals surface area contributed by atoms with Gasteiger partial charge < -0.3 is 15.4 Å². The van der Waals surface area contributed by atoms with E-state index in [2.05, 4.69) is 15.9 Å². The predicted octanol–water partition coefficient (Wildman–Crippen LogP) is 2.95. The van der Waals surface area contributed by atoms with Gasteiger partial charge in [0.15, 0.2) is 6.10 Å². The number of hydrogen-bond donors (Lipinski definition) is 1. The van der Waals surface area contributed by atoms with Crippen LogP contribution < -0.4 is 10.5 Å². The average molecular weight is 345 g/mol. The summed E-state index contributed by atoms with van der Waals surface area (Å²) in [7, 11) is 0. The van der Waals surface area contributed by atoms with Crippen LogP contribution in [0.25, 0.3) is 0 Å². The summed E-state index contributed by atoms with van der Waals surface area (Å²) in [4.78, 5) is 14.0. The lowest BCUT2D eigenvalue weighted by atomic mass is 10.1. The molecule has 1 amide bonds. The highest BCUT2D eigenvalue weighted by molar-refractivity contribution is 9.10. The van der Waals surface area contributed by atoms with Crippen molar-refractivity contribution < 1.29 is 13.9 Å². The van der Waals surface area contributed by atoms with Crippen molar-refractivity contribution in [2.45, 2.75) is 32.3 Å². The van der Waals surface area contributed by atoms with Crippen molar-refractivity contribution in [3.05, 3.63) is 22.4 Å². The molecule has 0 spiro atoms. The van der Waals surface area contributed by atoms with Crippen molar-refractivity contribution in [3.63, 3.8) is 0 Å². The Morgan fingerprint density at radius 1 is 1.40 bits per heavy atom. The van der Waals surface area contributed by atoms with Gasteiger partial charge in [-0.2, -0.15) is 0 Å². The van der Waals surface area contributed by atoms with Gasteiger partial charge in [0.1, 0.15) is 11.6 Å². The van der Waals surface area contributed by atoms with E-state index in [1.54, 1.807) is 11.8 Å². The van der Waals surface area contributed by atoms with Gasteiger partial charge in [0.2, 0.25) is 0 Å². The summed E-state index contributed by atoms with van der Waals surface area (Å²) in [5.74, 6) is -0.345. The summed E-state index contributed by atoms with van der Waals surface area (Å²) in [6.45, 7) is 3.18. The molecule has 1 atom stereocenters. The van der Waals surface area contributed by atoms with Crippen LogP contribution in [0.3, 0.4) is 0 Å². The lowest BCUT2D eigenvalue weighted by Gasteiger charge is -2.29. The molecule has 0 aromatic heterocycles. The molecule has 0 radical (unpaired) electrons. The summed E-state index contributed by atoms with van der Waals surface area (Å²) < 4.78 is 19.3. The number of rotatable bonds is 3. The third kappa shape index (κ3) is 3.42. The fraction of sp³-hybridized carbons (Fsp3) is 0.500. The van der Waals surface area contributed by atoms with Gasteiger partial charge >= 0.3 is 0 Å². The van der Waals surface area contributed by atoms with Crippen molar-refractivity contribution in [2.24, 2.45) is 0 Å². The van der Waals surface area contributed by atoms with Crippen molar-refractivity contribution in [1.82, 2.24) is 4.90 Å². The molecule has 1 saturated heterocycles. The number of piperidine rings is 1. The smallest absolute Gasteiger partial charge is 0.263 e. The zero-order chi connectivity index (χ0) is 14.7. The van der Waals surface area contributed by atoms with Crippen LogP contribution in [0.15, 0.2) is 16.6 Å². The van der Waals surface area contributed by atoms with Crippen LogP contribution in [0.2, 0.25) is 0 Å². The van der Waals surface area contributed by atoms with Crippen molar-refractivity contribution >= 4 is 27.5 Å². The molecule has 2 rings (SSSR count). The molecule has 6 heteroatoms. The Labute approximate surface area is 126 Å². The molecule has 0 aliphatic carbocycles. The second-order valence-corrected chi connectivity index (χ2v) is 5.80. The molecule has 1 unspecified atom stereocenters. The molecule has 4 nitrogen and oxygen atoms in total. The molecule has 20 heavy (non-hydrogen) atoms. The van der Waals surface area contributed by atoms with Crippen LogP contribution in [0.1, 0.15) is 26.2 Å². The predicted molar refractivity (Wildman–Crippen MR) is 79.0 cm³/mol. The summed E-state index contributed by atoms with van der Waals surface area (Å²) in [6, 6.07) is 2.63. The van der Waals surface area contributed by atoms with E-state index in [1.165, 1.54) is 12.1 Å². The highest BCUT2D eigenvalue weighted by Crippen LogP contribution is 2.29. The van der Waals surface area contributed by atoms with Crippen molar-refractivity contribution in [3.8, 4) is 5.75 Å². The maximum absolute atomic E-state index is 13.5. The minimum Gasteiger partial charge on any atom is -0.479 e. The number of nitrogens with zero attached hydrogens (tertiary/aromatic N) is 1. The molecular weight excluding hydrogens is 327 g/mol. The van der Waals surface area contributed by atoms with E-state index in [0.29, 0.717) is 5.69 Å². The largest absolute Gasteiger partial charge is 0.479 e. The van der Waals surface area contributed by atoms with Crippen LogP contribution in [-0.2, 0) is 4.79 Å². The average Bonchev–Trinajstić information content (AvgIpc) is 2.44. The second-order valence-electron chi connectivity index (χ2n) is 4.95. The minimum absolute atomic E-state index is 0.0765. The summed E-state index contributed by atoms with van der Waals surface area (Å²) in [5, 5.41) is 0. The van der Waals surface area contributed by atoms with Gasteiger partial charge in [-0.1, -0.05) is 0 Å². The molecule has 1 aromatic rings. The van der Waals surface area contributed by atoms with E-state index in [1.807, 2.05) is 0 Å². The Balaban J connectivity index is 2.05. The van der Waals surface area contributed by atoms with E-state index in [4.69, 9.17) is 10.5 Å². The number of anilines is 1. The highest BCUT2D eigenvalue weighted by Gasteiger charge is 2.24. The van der Waals surface area contributed by atoms with Crippen LogP contribution in [0.5, 0.6) is 5.75 Å². The minimum atomic E-state index is -0.670. The van der Waals surface area contributed by atoms with Gasteiger partial charge in [0.25, 0.3) is 5.91 Å². The molecule has 0 bridgehead atoms. The zero-order valence-corrected chi connectivity index (χ0v) is 13.0. The molecule has 1 aliphatic rings. The van der Waals surface area contributed by atoms with E-state index in [-0.39, 0.29) is 16.1 Å². The van der Waals surface area contributed by atoms with Gasteiger partial charge in [-0.3, -0.25) is 4.79 Å². The number of carbonyl (C=O) groups excluding carboxylic acids is 1. The van der Waals surface area contributed by atoms with E-state index in [0.717, 1.165) is 32.4 Å². The summed E-state index contributed by atoms with van der Waals surface area (Å²) in [5.41, 5.74) is 6.07. The molecule has 0 saturated carbocycles. The first-order chi connectivity index (χ1) is 9.49. The van der Waals surface area contributed by atoms with Crippen LogP contribution >= 0.6 is 15.9 Å². The normalized spacial score (nSPS) is 16.9. The van der Waals surface area contributed by atoms with Crippen molar-refractivity contribution in [1.29, 1.82) is 0 Å². The van der Waals surface area contributed by atoms with E-state index < -0.39 is 11.9 Å². The number of nitrogens with two attached hydrogens (primary N) is 1. The van der Waals surface area contributed by atoms with Crippen molar-refractivity contribution in [2.75, 3.05) is 18.8 Å². The van der Waals surface area contributed by atoms with Gasteiger partial charge in [0.05, 0.1) is 10.2 Å². The number of ether oxygens (including phenoxy) is 1. The Morgan fingerprint density at radius 2 is 2.05 bits per heavy atom. The third-order valence-electron chi connectivity index (χ3n) is 3.37. The Hall–Kier alpha value is -1.30. The zero-order valence-electron chi connectivity index (χ0n) is 11.4. The standard InChI is InChI=1S/C14H18BrFN2O2/c1-9(14(19)18-5-3-2-4-6-18)20-13-8-11(16)10(15)7-12(13)17/h7-9H,2-6,17H2,1H3. The maximum Gasteiger partial charge on any atom is 0.263 e. The molecule has 1 fully saturated rings. The third-order valence-corrected chi connectivity index (χ3v) is 3.98. The number of carbonyl (C=O) groups is 1. The highest BCUT2D eigenvalue weighted by atomic mass is 79.9. The summed E-state index contributed by atoms with van der Waals surface area (Å²) >= 11 is 3.05. The first-order valence-corrected chi connectivity index (χ1v) is 7.48. The fourth-order valence-corrected chi connectivity index (χ4v) is 2.62. The summed E-state index contributed by atoms with van der Waals surface area (Å²) in [6.07, 6.45) is 2.53. The van der Waals surface area contributed by atoms with Gasteiger partial charge in [-0.05, 0) is 48.2 Å². The monoisotopic (exact) mass is 344 g/mol. The van der Waals surface area contributed by atoms with Crippen LogP contribution in [0, 0.1) is 5.82 Å². The van der Waals surface area contributed by atoms with Gasteiger partial charge in [0, 0.05) is 19.2 Å². The number of halogens is 2. The van der Waals surface area contributed by atoms with Gasteiger partial charge in [-0.25, -0.2) is 4.39 Å². The Bertz CT molecular complexity index is 504. The first-order valence-electron chi connectivity index (χ1n) is 6.69.